The molecule has 8 heteroatoms. The van der Waals surface area contributed by atoms with Gasteiger partial charge in [-0.3, -0.25) is 0 Å². The summed E-state index contributed by atoms with van der Waals surface area (Å²) in [6.07, 6.45) is 1.32. The number of pyridine rings is 1. The molecule has 0 aliphatic carbocycles. The van der Waals surface area contributed by atoms with Crippen LogP contribution in [0.2, 0.25) is 0 Å². The van der Waals surface area contributed by atoms with Crippen molar-refractivity contribution in [2.45, 2.75) is 13.0 Å². The Kier molecular flexibility index (Phi) is 4.85. The maximum Gasteiger partial charge on any atom is 0.355 e. The second kappa shape index (κ2) is 7.48. The number of rotatable bonds is 4. The smallest absolute Gasteiger partial charge is 0.355 e. The van der Waals surface area contributed by atoms with Crippen LogP contribution in [-0.2, 0) is 0 Å². The number of aromatic carboxylic acids is 1. The third-order valence-electron chi connectivity index (χ3n) is 4.61. The Labute approximate surface area is 171 Å². The minimum Gasteiger partial charge on any atom is -0.476 e. The van der Waals surface area contributed by atoms with Gasteiger partial charge < -0.3 is 14.8 Å². The van der Waals surface area contributed by atoms with Crippen molar-refractivity contribution in [2.24, 2.45) is 0 Å². The third kappa shape index (κ3) is 3.50. The number of amides is 2. The second-order valence-corrected chi connectivity index (χ2v) is 6.91. The number of carboxylic acid groups (broad SMARTS) is 1. The Morgan fingerprint density at radius 2 is 1.83 bits per heavy atom. The molecular weight excluding hydrogens is 390 g/mol. The number of para-hydroxylation sites is 1. The fourth-order valence-electron chi connectivity index (χ4n) is 3.16. The van der Waals surface area contributed by atoms with E-state index in [-0.39, 0.29) is 5.69 Å². The Balaban J connectivity index is 1.61. The molecule has 146 valence electrons. The lowest BCUT2D eigenvalue weighted by atomic mass is 10.1. The van der Waals surface area contributed by atoms with Crippen LogP contribution in [0.5, 0.6) is 0 Å². The number of hydrogen-bond donors (Lipinski definition) is 3. The van der Waals surface area contributed by atoms with Crippen LogP contribution >= 0.6 is 12.8 Å². The van der Waals surface area contributed by atoms with Crippen LogP contribution in [-0.4, -0.2) is 22.1 Å². The third-order valence-corrected chi connectivity index (χ3v) is 5.01. The normalized spacial score (nSPS) is 12.1. The molecule has 0 aliphatic heterocycles. The molecule has 29 heavy (non-hydrogen) atoms. The van der Waals surface area contributed by atoms with E-state index in [2.05, 4.69) is 23.1 Å². The molecule has 0 radical (unpaired) electrons. The SMILES string of the molecule is CC(NC(=O)N(S)c1cnc(C(=O)O)c2ccccc12)c1cc2ccccc2o1. The largest absolute Gasteiger partial charge is 0.476 e. The average molecular weight is 407 g/mol. The fraction of sp³-hybridized carbons (Fsp3) is 0.0952. The van der Waals surface area contributed by atoms with Crippen molar-refractivity contribution >= 4 is 52.2 Å². The monoisotopic (exact) mass is 407 g/mol. The van der Waals surface area contributed by atoms with Crippen molar-refractivity contribution in [3.8, 4) is 0 Å². The summed E-state index contributed by atoms with van der Waals surface area (Å²) in [5.41, 5.74) is 1.04. The number of urea groups is 1. The highest BCUT2D eigenvalue weighted by atomic mass is 32.1. The van der Waals surface area contributed by atoms with Gasteiger partial charge in [-0.25, -0.2) is 18.9 Å². The molecule has 4 aromatic rings. The summed E-state index contributed by atoms with van der Waals surface area (Å²) in [7, 11) is 0. The van der Waals surface area contributed by atoms with Crippen molar-refractivity contribution < 1.29 is 19.1 Å². The van der Waals surface area contributed by atoms with E-state index < -0.39 is 18.0 Å². The lowest BCUT2D eigenvalue weighted by Crippen LogP contribution is -2.35. The van der Waals surface area contributed by atoms with Crippen molar-refractivity contribution in [2.75, 3.05) is 4.31 Å². The fourth-order valence-corrected chi connectivity index (χ4v) is 3.38. The van der Waals surface area contributed by atoms with E-state index in [9.17, 15) is 14.7 Å². The summed E-state index contributed by atoms with van der Waals surface area (Å²) >= 11 is 4.32. The number of nitrogens with one attached hydrogen (secondary N) is 1. The molecule has 7 nitrogen and oxygen atoms in total. The van der Waals surface area contributed by atoms with Gasteiger partial charge in [0.2, 0.25) is 0 Å². The first-order valence-electron chi connectivity index (χ1n) is 8.84. The molecular formula is C21H17N3O4S. The van der Waals surface area contributed by atoms with E-state index in [0.29, 0.717) is 22.2 Å². The quantitative estimate of drug-likeness (QED) is 0.422. The minimum absolute atomic E-state index is 0.0814. The molecule has 0 saturated carbocycles. The van der Waals surface area contributed by atoms with Crippen molar-refractivity contribution in [1.29, 1.82) is 0 Å². The van der Waals surface area contributed by atoms with Crippen molar-refractivity contribution in [1.82, 2.24) is 10.3 Å². The summed E-state index contributed by atoms with van der Waals surface area (Å²) in [5.74, 6) is -0.521. The van der Waals surface area contributed by atoms with Gasteiger partial charge in [0.15, 0.2) is 5.69 Å². The number of carbonyl (C=O) groups is 2. The van der Waals surface area contributed by atoms with Gasteiger partial charge in [0, 0.05) is 16.2 Å². The molecule has 2 N–H and O–H groups in total. The van der Waals surface area contributed by atoms with Gasteiger partial charge in [-0.2, -0.15) is 0 Å². The molecule has 2 aromatic heterocycles. The van der Waals surface area contributed by atoms with Crippen LogP contribution in [0.4, 0.5) is 10.5 Å². The van der Waals surface area contributed by atoms with Crippen LogP contribution < -0.4 is 9.62 Å². The molecule has 1 unspecified atom stereocenters. The van der Waals surface area contributed by atoms with Gasteiger partial charge in [-0.15, -0.1) is 0 Å². The highest BCUT2D eigenvalue weighted by molar-refractivity contribution is 7.82. The van der Waals surface area contributed by atoms with Crippen LogP contribution in [0.1, 0.15) is 29.2 Å². The van der Waals surface area contributed by atoms with Crippen molar-refractivity contribution in [3.05, 3.63) is 72.2 Å². The number of furan rings is 1. The zero-order valence-electron chi connectivity index (χ0n) is 15.4. The lowest BCUT2D eigenvalue weighted by Gasteiger charge is -2.20. The number of aromatic nitrogens is 1. The van der Waals surface area contributed by atoms with Gasteiger partial charge in [0.25, 0.3) is 0 Å². The summed E-state index contributed by atoms with van der Waals surface area (Å²) in [6, 6.07) is 15.4. The zero-order chi connectivity index (χ0) is 20.5. The molecule has 4 rings (SSSR count). The molecule has 2 aromatic carbocycles. The molecule has 0 aliphatic rings. The number of carboxylic acids is 1. The maximum absolute atomic E-state index is 12.8. The van der Waals surface area contributed by atoms with E-state index in [1.54, 1.807) is 31.2 Å². The minimum atomic E-state index is -1.14. The number of benzene rings is 2. The van der Waals surface area contributed by atoms with Crippen LogP contribution in [0.3, 0.4) is 0 Å². The van der Waals surface area contributed by atoms with E-state index in [1.807, 2.05) is 30.3 Å². The summed E-state index contributed by atoms with van der Waals surface area (Å²) < 4.78 is 6.90. The highest BCUT2D eigenvalue weighted by Crippen LogP contribution is 2.30. The standard InChI is InChI=1S/C21H17N3O4S/c1-12(18-10-13-6-2-5-9-17(13)28-18)23-21(27)24(29)16-11-22-19(20(25)26)15-8-4-3-7-14(15)16/h2-12,29H,1H3,(H,23,27)(H,25,26). The summed E-state index contributed by atoms with van der Waals surface area (Å²) in [6.45, 7) is 1.81. The molecule has 2 heterocycles. The van der Waals surface area contributed by atoms with Gasteiger partial charge in [0.05, 0.1) is 17.9 Å². The number of anilines is 1. The number of nitrogens with zero attached hydrogens (tertiary/aromatic N) is 2. The Hall–Kier alpha value is -3.52. The second-order valence-electron chi connectivity index (χ2n) is 6.51. The molecule has 0 saturated heterocycles. The molecule has 0 spiro atoms. The van der Waals surface area contributed by atoms with Crippen LogP contribution in [0.15, 0.2) is 65.2 Å². The van der Waals surface area contributed by atoms with Crippen LogP contribution in [0, 0.1) is 0 Å². The molecule has 1 atom stereocenters. The molecule has 0 fully saturated rings. The van der Waals surface area contributed by atoms with E-state index in [1.165, 1.54) is 6.20 Å². The van der Waals surface area contributed by atoms with Crippen LogP contribution in [0.25, 0.3) is 21.7 Å². The van der Waals surface area contributed by atoms with Gasteiger partial charge in [-0.1, -0.05) is 55.3 Å². The number of hydrogen-bond acceptors (Lipinski definition) is 5. The zero-order valence-corrected chi connectivity index (χ0v) is 16.3. The highest BCUT2D eigenvalue weighted by Gasteiger charge is 2.22. The van der Waals surface area contributed by atoms with Crippen molar-refractivity contribution in [3.63, 3.8) is 0 Å². The van der Waals surface area contributed by atoms with E-state index in [0.717, 1.165) is 15.3 Å². The van der Waals surface area contributed by atoms with E-state index >= 15 is 0 Å². The van der Waals surface area contributed by atoms with Gasteiger partial charge in [0.1, 0.15) is 11.3 Å². The Morgan fingerprint density at radius 3 is 2.55 bits per heavy atom. The predicted octanol–water partition coefficient (Wildman–Crippen LogP) is 4.80. The topological polar surface area (TPSA) is 95.7 Å². The Morgan fingerprint density at radius 1 is 1.14 bits per heavy atom. The first-order valence-corrected chi connectivity index (χ1v) is 9.24. The first-order chi connectivity index (χ1) is 14.0. The number of carbonyl (C=O) groups excluding carboxylic acids is 1. The van der Waals surface area contributed by atoms with E-state index in [4.69, 9.17) is 4.42 Å². The first kappa shape index (κ1) is 18.8. The lowest BCUT2D eigenvalue weighted by molar-refractivity contribution is 0.0693. The summed E-state index contributed by atoms with van der Waals surface area (Å²) in [4.78, 5) is 28.2. The number of fused-ring (bicyclic) bond motifs is 2. The van der Waals surface area contributed by atoms with Gasteiger partial charge >= 0.3 is 12.0 Å². The molecule has 2 amide bonds. The van der Waals surface area contributed by atoms with Gasteiger partial charge in [-0.05, 0) is 19.1 Å². The Bertz CT molecular complexity index is 1200. The predicted molar refractivity (Wildman–Crippen MR) is 113 cm³/mol. The average Bonchev–Trinajstić information content (AvgIpc) is 3.16. The number of thiol groups is 1. The summed E-state index contributed by atoms with van der Waals surface area (Å²) in [5, 5.41) is 14.1. The maximum atomic E-state index is 12.8. The molecule has 0 bridgehead atoms.